The van der Waals surface area contributed by atoms with Gasteiger partial charge in [0.1, 0.15) is 0 Å². The average Bonchev–Trinajstić information content (AvgIpc) is 2.61. The number of allylic oxidation sites excluding steroid dienone is 3. The number of carbonyl (C=O) groups is 2. The maximum atomic E-state index is 12.9. The molecule has 1 aliphatic heterocycles. The quantitative estimate of drug-likeness (QED) is 0.633. The third kappa shape index (κ3) is 3.59. The van der Waals surface area contributed by atoms with E-state index >= 15 is 0 Å². The van der Waals surface area contributed by atoms with E-state index in [0.29, 0.717) is 18.6 Å². The topological polar surface area (TPSA) is 55.4 Å². The molecule has 0 aromatic heterocycles. The van der Waals surface area contributed by atoms with Crippen molar-refractivity contribution in [1.82, 2.24) is 5.32 Å². The number of esters is 1. The van der Waals surface area contributed by atoms with E-state index in [-0.39, 0.29) is 17.7 Å². The lowest BCUT2D eigenvalue weighted by molar-refractivity contribution is -0.139. The summed E-state index contributed by atoms with van der Waals surface area (Å²) in [6.07, 6.45) is 4.06. The van der Waals surface area contributed by atoms with Crippen LogP contribution in [0.15, 0.2) is 46.8 Å². The van der Waals surface area contributed by atoms with Crippen molar-refractivity contribution in [1.29, 1.82) is 0 Å². The highest BCUT2D eigenvalue weighted by molar-refractivity contribution is 6.03. The van der Waals surface area contributed by atoms with Crippen molar-refractivity contribution >= 4 is 11.8 Å². The summed E-state index contributed by atoms with van der Waals surface area (Å²) < 4.78 is 5.51. The number of ether oxygens (including phenoxy) is 1. The third-order valence-corrected chi connectivity index (χ3v) is 5.14. The van der Waals surface area contributed by atoms with Crippen LogP contribution in [0.1, 0.15) is 63.0 Å². The van der Waals surface area contributed by atoms with E-state index in [2.05, 4.69) is 12.2 Å². The van der Waals surface area contributed by atoms with Crippen LogP contribution in [0.25, 0.3) is 0 Å². The predicted molar refractivity (Wildman–Crippen MR) is 102 cm³/mol. The van der Waals surface area contributed by atoms with Crippen molar-refractivity contribution in [2.45, 2.75) is 58.8 Å². The summed E-state index contributed by atoms with van der Waals surface area (Å²) in [5, 5.41) is 3.32. The highest BCUT2D eigenvalue weighted by Crippen LogP contribution is 2.42. The van der Waals surface area contributed by atoms with E-state index in [0.717, 1.165) is 53.8 Å². The summed E-state index contributed by atoms with van der Waals surface area (Å²) in [7, 11) is 0. The Morgan fingerprint density at radius 2 is 1.92 bits per heavy atom. The summed E-state index contributed by atoms with van der Waals surface area (Å²) in [6, 6.07) is 8.09. The standard InChI is InChI=1S/C22H27NO3/c1-4-5-13-26-22(25)19-15(3)23-17-7-6-8-18(24)21(17)20(19)16-11-9-14(2)10-12-16/h9-12,20,23H,4-8,13H2,1-3H3/t20-/m0/s1. The van der Waals surface area contributed by atoms with E-state index < -0.39 is 0 Å². The Morgan fingerprint density at radius 3 is 2.62 bits per heavy atom. The molecule has 0 amide bonds. The minimum Gasteiger partial charge on any atom is -0.462 e. The molecule has 1 aliphatic carbocycles. The molecule has 1 aromatic carbocycles. The first kappa shape index (κ1) is 18.4. The van der Waals surface area contributed by atoms with Gasteiger partial charge in [0.05, 0.1) is 12.2 Å². The Balaban J connectivity index is 2.04. The summed E-state index contributed by atoms with van der Waals surface area (Å²) >= 11 is 0. The SMILES string of the molecule is CCCCOC(=O)C1=C(C)NC2=C(C(=O)CCC2)[C@H]1c1ccc(C)cc1. The van der Waals surface area contributed by atoms with E-state index in [1.54, 1.807) is 0 Å². The molecule has 1 N–H and O–H groups in total. The van der Waals surface area contributed by atoms with Crippen LogP contribution in [0.2, 0.25) is 0 Å². The van der Waals surface area contributed by atoms with Crippen molar-refractivity contribution in [3.63, 3.8) is 0 Å². The number of hydrogen-bond donors (Lipinski definition) is 1. The largest absolute Gasteiger partial charge is 0.462 e. The van der Waals surface area contributed by atoms with Crippen LogP contribution in [-0.2, 0) is 14.3 Å². The molecule has 0 bridgehead atoms. The molecular formula is C22H27NO3. The molecule has 4 nitrogen and oxygen atoms in total. The predicted octanol–water partition coefficient (Wildman–Crippen LogP) is 4.31. The first-order valence-electron chi connectivity index (χ1n) is 9.50. The summed E-state index contributed by atoms with van der Waals surface area (Å²) in [5.41, 5.74) is 5.20. The molecular weight excluding hydrogens is 326 g/mol. The highest BCUT2D eigenvalue weighted by atomic mass is 16.5. The van der Waals surface area contributed by atoms with Crippen LogP contribution in [0.5, 0.6) is 0 Å². The Kier molecular flexibility index (Phi) is 5.60. The molecule has 0 spiro atoms. The lowest BCUT2D eigenvalue weighted by Gasteiger charge is -2.34. The molecule has 4 heteroatoms. The minimum absolute atomic E-state index is 0.135. The van der Waals surface area contributed by atoms with Crippen LogP contribution >= 0.6 is 0 Å². The summed E-state index contributed by atoms with van der Waals surface area (Å²) in [4.78, 5) is 25.6. The van der Waals surface area contributed by atoms with Gasteiger partial charge in [-0.2, -0.15) is 0 Å². The van der Waals surface area contributed by atoms with Gasteiger partial charge in [0.15, 0.2) is 5.78 Å². The zero-order chi connectivity index (χ0) is 18.7. The van der Waals surface area contributed by atoms with Crippen LogP contribution in [0.4, 0.5) is 0 Å². The number of aryl methyl sites for hydroxylation is 1. The minimum atomic E-state index is -0.339. The molecule has 0 saturated heterocycles. The second-order valence-corrected chi connectivity index (χ2v) is 7.17. The molecule has 1 atom stereocenters. The van der Waals surface area contributed by atoms with E-state index in [1.807, 2.05) is 38.1 Å². The molecule has 0 saturated carbocycles. The average molecular weight is 353 g/mol. The smallest absolute Gasteiger partial charge is 0.336 e. The number of benzene rings is 1. The van der Waals surface area contributed by atoms with Crippen molar-refractivity contribution in [2.24, 2.45) is 0 Å². The molecule has 2 aliphatic rings. The fraction of sp³-hybridized carbons (Fsp3) is 0.455. The van der Waals surface area contributed by atoms with Crippen molar-refractivity contribution in [3.8, 4) is 0 Å². The van der Waals surface area contributed by atoms with Gasteiger partial charge in [-0.1, -0.05) is 43.2 Å². The van der Waals surface area contributed by atoms with Crippen LogP contribution < -0.4 is 5.32 Å². The van der Waals surface area contributed by atoms with Gasteiger partial charge in [-0.15, -0.1) is 0 Å². The Bertz CT molecular complexity index is 771. The molecule has 138 valence electrons. The van der Waals surface area contributed by atoms with Gasteiger partial charge in [0, 0.05) is 29.3 Å². The monoisotopic (exact) mass is 353 g/mol. The second kappa shape index (κ2) is 7.90. The maximum Gasteiger partial charge on any atom is 0.336 e. The Labute approximate surface area is 155 Å². The summed E-state index contributed by atoms with van der Waals surface area (Å²) in [6.45, 7) is 6.41. The first-order chi connectivity index (χ1) is 12.5. The van der Waals surface area contributed by atoms with Gasteiger partial charge in [0.25, 0.3) is 0 Å². The number of carbonyl (C=O) groups excluding carboxylic acids is 2. The van der Waals surface area contributed by atoms with Gasteiger partial charge >= 0.3 is 5.97 Å². The first-order valence-corrected chi connectivity index (χ1v) is 9.50. The Hall–Kier alpha value is -2.36. The fourth-order valence-corrected chi connectivity index (χ4v) is 3.73. The normalized spacial score (nSPS) is 20.0. The van der Waals surface area contributed by atoms with E-state index in [4.69, 9.17) is 4.74 Å². The van der Waals surface area contributed by atoms with Crippen molar-refractivity contribution < 1.29 is 14.3 Å². The number of ketones is 1. The van der Waals surface area contributed by atoms with Gasteiger partial charge in [-0.25, -0.2) is 4.79 Å². The van der Waals surface area contributed by atoms with Crippen LogP contribution in [0, 0.1) is 6.92 Å². The third-order valence-electron chi connectivity index (χ3n) is 5.14. The number of dihydropyridines is 1. The summed E-state index contributed by atoms with van der Waals surface area (Å²) in [5.74, 6) is -0.525. The van der Waals surface area contributed by atoms with Gasteiger partial charge in [-0.3, -0.25) is 4.79 Å². The van der Waals surface area contributed by atoms with Gasteiger partial charge in [-0.05, 0) is 38.7 Å². The molecule has 3 rings (SSSR count). The van der Waals surface area contributed by atoms with E-state index in [1.165, 1.54) is 0 Å². The fourth-order valence-electron chi connectivity index (χ4n) is 3.73. The van der Waals surface area contributed by atoms with Gasteiger partial charge < -0.3 is 10.1 Å². The van der Waals surface area contributed by atoms with E-state index in [9.17, 15) is 9.59 Å². The highest BCUT2D eigenvalue weighted by Gasteiger charge is 2.38. The number of Topliss-reactive ketones (excluding diaryl/α,β-unsaturated/α-hetero) is 1. The zero-order valence-corrected chi connectivity index (χ0v) is 15.9. The van der Waals surface area contributed by atoms with Crippen LogP contribution in [-0.4, -0.2) is 18.4 Å². The number of nitrogens with one attached hydrogen (secondary N) is 1. The lowest BCUT2D eigenvalue weighted by atomic mass is 9.75. The Morgan fingerprint density at radius 1 is 1.19 bits per heavy atom. The number of rotatable bonds is 5. The van der Waals surface area contributed by atoms with Crippen LogP contribution in [0.3, 0.4) is 0 Å². The zero-order valence-electron chi connectivity index (χ0n) is 15.9. The molecule has 0 fully saturated rings. The van der Waals surface area contributed by atoms with Crippen molar-refractivity contribution in [3.05, 3.63) is 57.9 Å². The number of hydrogen-bond acceptors (Lipinski definition) is 4. The molecule has 0 radical (unpaired) electrons. The molecule has 1 heterocycles. The lowest BCUT2D eigenvalue weighted by Crippen LogP contribution is -2.34. The molecule has 0 unspecified atom stereocenters. The van der Waals surface area contributed by atoms with Crippen molar-refractivity contribution in [2.75, 3.05) is 6.61 Å². The molecule has 26 heavy (non-hydrogen) atoms. The maximum absolute atomic E-state index is 12.9. The van der Waals surface area contributed by atoms with Gasteiger partial charge in [0.2, 0.25) is 0 Å². The number of unbranched alkanes of at least 4 members (excludes halogenated alkanes) is 1. The molecule has 1 aromatic rings. The second-order valence-electron chi connectivity index (χ2n) is 7.17.